The van der Waals surface area contributed by atoms with E-state index in [-0.39, 0.29) is 5.84 Å². The largest absolute Gasteiger partial charge is 0.384 e. The van der Waals surface area contributed by atoms with E-state index in [1.807, 2.05) is 43.4 Å². The van der Waals surface area contributed by atoms with Crippen LogP contribution in [-0.4, -0.2) is 17.8 Å². The van der Waals surface area contributed by atoms with Crippen LogP contribution in [0.3, 0.4) is 0 Å². The lowest BCUT2D eigenvalue weighted by Gasteiger charge is -2.18. The summed E-state index contributed by atoms with van der Waals surface area (Å²) in [4.78, 5) is 2.15. The molecule has 2 aromatic rings. The SMILES string of the molecule is CN(Cc1cccc(C(=N)N)c1)Cc1ccc(Cl)cc1Cl. The molecule has 2 rings (SSSR count). The molecule has 0 radical (unpaired) electrons. The Morgan fingerprint density at radius 1 is 1.14 bits per heavy atom. The molecule has 0 spiro atoms. The second-order valence-electron chi connectivity index (χ2n) is 5.02. The van der Waals surface area contributed by atoms with Gasteiger partial charge in [0, 0.05) is 28.7 Å². The Kier molecular flexibility index (Phi) is 5.23. The molecule has 2 aromatic carbocycles. The maximum Gasteiger partial charge on any atom is 0.122 e. The highest BCUT2D eigenvalue weighted by Crippen LogP contribution is 2.22. The fourth-order valence-corrected chi connectivity index (χ4v) is 2.61. The quantitative estimate of drug-likeness (QED) is 0.648. The molecule has 0 unspecified atom stereocenters. The van der Waals surface area contributed by atoms with Gasteiger partial charge in [0.15, 0.2) is 0 Å². The van der Waals surface area contributed by atoms with Gasteiger partial charge in [-0.2, -0.15) is 0 Å². The van der Waals surface area contributed by atoms with E-state index in [0.717, 1.165) is 29.8 Å². The lowest BCUT2D eigenvalue weighted by Crippen LogP contribution is -2.18. The normalized spacial score (nSPS) is 10.9. The van der Waals surface area contributed by atoms with Crippen LogP contribution in [0.2, 0.25) is 10.0 Å². The third kappa shape index (κ3) is 4.46. The maximum atomic E-state index is 7.48. The predicted octanol–water partition coefficient (Wildman–Crippen LogP) is 3.91. The van der Waals surface area contributed by atoms with E-state index in [2.05, 4.69) is 4.90 Å². The Labute approximate surface area is 134 Å². The van der Waals surface area contributed by atoms with E-state index < -0.39 is 0 Å². The summed E-state index contributed by atoms with van der Waals surface area (Å²) in [6.45, 7) is 1.47. The topological polar surface area (TPSA) is 53.1 Å². The van der Waals surface area contributed by atoms with E-state index >= 15 is 0 Å². The van der Waals surface area contributed by atoms with Gasteiger partial charge in [0.25, 0.3) is 0 Å². The van der Waals surface area contributed by atoms with Crippen LogP contribution in [0, 0.1) is 5.41 Å². The van der Waals surface area contributed by atoms with Crippen LogP contribution in [0.1, 0.15) is 16.7 Å². The Balaban J connectivity index is 2.06. The van der Waals surface area contributed by atoms with E-state index in [9.17, 15) is 0 Å². The Bertz CT molecular complexity index is 656. The summed E-state index contributed by atoms with van der Waals surface area (Å²) < 4.78 is 0. The average molecular weight is 322 g/mol. The van der Waals surface area contributed by atoms with Crippen molar-refractivity contribution in [2.24, 2.45) is 5.73 Å². The van der Waals surface area contributed by atoms with Gasteiger partial charge in [0.1, 0.15) is 5.84 Å². The maximum absolute atomic E-state index is 7.48. The highest BCUT2D eigenvalue weighted by Gasteiger charge is 2.07. The number of nitrogens with zero attached hydrogens (tertiary/aromatic N) is 1. The highest BCUT2D eigenvalue weighted by atomic mass is 35.5. The summed E-state index contributed by atoms with van der Waals surface area (Å²) >= 11 is 12.1. The van der Waals surface area contributed by atoms with E-state index in [1.165, 1.54) is 0 Å². The number of nitrogen functional groups attached to an aromatic ring is 1. The summed E-state index contributed by atoms with van der Waals surface area (Å²) in [6, 6.07) is 13.2. The van der Waals surface area contributed by atoms with Gasteiger partial charge in [0.2, 0.25) is 0 Å². The number of nitrogens with two attached hydrogens (primary N) is 1. The zero-order valence-electron chi connectivity index (χ0n) is 11.7. The molecule has 110 valence electrons. The Hall–Kier alpha value is -1.55. The zero-order valence-corrected chi connectivity index (χ0v) is 13.2. The average Bonchev–Trinajstić information content (AvgIpc) is 2.42. The van der Waals surface area contributed by atoms with Crippen LogP contribution < -0.4 is 5.73 Å². The van der Waals surface area contributed by atoms with E-state index in [1.54, 1.807) is 6.07 Å². The molecule has 0 fully saturated rings. The summed E-state index contributed by atoms with van der Waals surface area (Å²) in [5.41, 5.74) is 8.39. The van der Waals surface area contributed by atoms with Gasteiger partial charge in [-0.3, -0.25) is 10.3 Å². The first kappa shape index (κ1) is 15.8. The van der Waals surface area contributed by atoms with Crippen molar-refractivity contribution in [1.82, 2.24) is 4.90 Å². The second kappa shape index (κ2) is 6.94. The highest BCUT2D eigenvalue weighted by molar-refractivity contribution is 6.35. The molecule has 0 saturated carbocycles. The number of nitrogens with one attached hydrogen (secondary N) is 1. The third-order valence-corrected chi connectivity index (χ3v) is 3.73. The molecule has 0 atom stereocenters. The van der Waals surface area contributed by atoms with Crippen molar-refractivity contribution in [1.29, 1.82) is 5.41 Å². The van der Waals surface area contributed by atoms with Gasteiger partial charge >= 0.3 is 0 Å². The van der Waals surface area contributed by atoms with Crippen LogP contribution in [0.5, 0.6) is 0 Å². The van der Waals surface area contributed by atoms with Gasteiger partial charge in [-0.25, -0.2) is 0 Å². The number of rotatable bonds is 5. The standard InChI is InChI=1S/C16H17Cl2N3/c1-21(10-13-5-6-14(17)8-15(13)18)9-11-3-2-4-12(7-11)16(19)20/h2-8H,9-10H2,1H3,(H3,19,20). The minimum Gasteiger partial charge on any atom is -0.384 e. The van der Waals surface area contributed by atoms with Crippen LogP contribution in [0.15, 0.2) is 42.5 Å². The number of amidine groups is 1. The van der Waals surface area contributed by atoms with Crippen LogP contribution >= 0.6 is 23.2 Å². The minimum absolute atomic E-state index is 0.0836. The van der Waals surface area contributed by atoms with Gasteiger partial charge in [0.05, 0.1) is 0 Å². The molecule has 0 heterocycles. The van der Waals surface area contributed by atoms with E-state index in [4.69, 9.17) is 34.3 Å². The molecule has 0 aliphatic carbocycles. The summed E-state index contributed by atoms with van der Waals surface area (Å²) in [5.74, 6) is 0.0836. The van der Waals surface area contributed by atoms with Crippen molar-refractivity contribution in [3.63, 3.8) is 0 Å². The third-order valence-electron chi connectivity index (χ3n) is 3.15. The molecule has 0 saturated heterocycles. The van der Waals surface area contributed by atoms with Crippen LogP contribution in [0.25, 0.3) is 0 Å². The smallest absolute Gasteiger partial charge is 0.122 e. The zero-order chi connectivity index (χ0) is 15.4. The molecular weight excluding hydrogens is 305 g/mol. The number of hydrogen-bond acceptors (Lipinski definition) is 2. The van der Waals surface area contributed by atoms with Gasteiger partial charge in [-0.1, -0.05) is 47.5 Å². The van der Waals surface area contributed by atoms with Gasteiger partial charge in [-0.15, -0.1) is 0 Å². The number of hydrogen-bond donors (Lipinski definition) is 2. The molecule has 0 aromatic heterocycles. The summed E-state index contributed by atoms with van der Waals surface area (Å²) in [5, 5.41) is 8.79. The molecule has 0 bridgehead atoms. The molecule has 0 aliphatic heterocycles. The Morgan fingerprint density at radius 3 is 2.57 bits per heavy atom. The van der Waals surface area contributed by atoms with E-state index in [0.29, 0.717) is 10.0 Å². The fraction of sp³-hybridized carbons (Fsp3) is 0.188. The lowest BCUT2D eigenvalue weighted by atomic mass is 10.1. The predicted molar refractivity (Wildman–Crippen MR) is 89.1 cm³/mol. The molecule has 3 nitrogen and oxygen atoms in total. The monoisotopic (exact) mass is 321 g/mol. The fourth-order valence-electron chi connectivity index (χ4n) is 2.15. The van der Waals surface area contributed by atoms with Crippen molar-refractivity contribution >= 4 is 29.0 Å². The molecule has 0 amide bonds. The van der Waals surface area contributed by atoms with Crippen molar-refractivity contribution in [3.05, 3.63) is 69.2 Å². The summed E-state index contributed by atoms with van der Waals surface area (Å²) in [7, 11) is 2.02. The number of benzene rings is 2. The van der Waals surface area contributed by atoms with Crippen molar-refractivity contribution < 1.29 is 0 Å². The first-order chi connectivity index (χ1) is 9.95. The van der Waals surface area contributed by atoms with Crippen molar-refractivity contribution in [2.75, 3.05) is 7.05 Å². The van der Waals surface area contributed by atoms with Crippen molar-refractivity contribution in [3.8, 4) is 0 Å². The van der Waals surface area contributed by atoms with Crippen LogP contribution in [0.4, 0.5) is 0 Å². The molecule has 3 N–H and O–H groups in total. The summed E-state index contributed by atoms with van der Waals surface area (Å²) in [6.07, 6.45) is 0. The first-order valence-electron chi connectivity index (χ1n) is 6.51. The molecular formula is C16H17Cl2N3. The van der Waals surface area contributed by atoms with Crippen molar-refractivity contribution in [2.45, 2.75) is 13.1 Å². The second-order valence-corrected chi connectivity index (χ2v) is 5.87. The number of halogens is 2. The minimum atomic E-state index is 0.0836. The lowest BCUT2D eigenvalue weighted by molar-refractivity contribution is 0.319. The molecule has 0 aliphatic rings. The van der Waals surface area contributed by atoms with Gasteiger partial charge < -0.3 is 5.73 Å². The molecule has 5 heteroatoms. The van der Waals surface area contributed by atoms with Gasteiger partial charge in [-0.05, 0) is 36.4 Å². The van der Waals surface area contributed by atoms with Crippen LogP contribution in [-0.2, 0) is 13.1 Å². The first-order valence-corrected chi connectivity index (χ1v) is 7.27. The Morgan fingerprint density at radius 2 is 1.90 bits per heavy atom. The molecule has 21 heavy (non-hydrogen) atoms.